The number of hydrogen-bond acceptors (Lipinski definition) is 3. The molecule has 5 nitrogen and oxygen atoms in total. The molecule has 0 fully saturated rings. The van der Waals surface area contributed by atoms with Crippen molar-refractivity contribution < 1.29 is 9.90 Å². The van der Waals surface area contributed by atoms with Gasteiger partial charge >= 0.3 is 5.97 Å². The van der Waals surface area contributed by atoms with E-state index in [1.807, 2.05) is 0 Å². The first-order chi connectivity index (χ1) is 6.15. The third kappa shape index (κ3) is 2.16. The van der Waals surface area contributed by atoms with Crippen LogP contribution in [0.1, 0.15) is 11.6 Å². The topological polar surface area (TPSA) is 81.1 Å². The summed E-state index contributed by atoms with van der Waals surface area (Å²) in [5, 5.41) is 12.5. The fourth-order valence-corrected chi connectivity index (χ4v) is 0.915. The second-order valence-electron chi connectivity index (χ2n) is 2.60. The fourth-order valence-electron chi connectivity index (χ4n) is 0.915. The largest absolute Gasteiger partial charge is 0.480 e. The van der Waals surface area contributed by atoms with Gasteiger partial charge in [0, 0.05) is 11.8 Å². The summed E-state index contributed by atoms with van der Waals surface area (Å²) in [6.45, 7) is 4.08. The summed E-state index contributed by atoms with van der Waals surface area (Å²) in [7, 11) is 0. The lowest BCUT2D eigenvalue weighted by molar-refractivity contribution is -0.138. The van der Waals surface area contributed by atoms with E-state index in [0.29, 0.717) is 12.1 Å². The summed E-state index contributed by atoms with van der Waals surface area (Å²) in [4.78, 5) is 10.5. The van der Waals surface area contributed by atoms with Crippen molar-refractivity contribution in [2.75, 3.05) is 0 Å². The van der Waals surface area contributed by atoms with Gasteiger partial charge in [-0.3, -0.25) is 9.48 Å². The molecule has 0 amide bonds. The molecular formula is C8H11N3O2. The van der Waals surface area contributed by atoms with E-state index >= 15 is 0 Å². The molecule has 1 rings (SSSR count). The Morgan fingerprint density at radius 1 is 1.92 bits per heavy atom. The number of hydrogen-bond donors (Lipinski definition) is 2. The maximum Gasteiger partial charge on any atom is 0.325 e. The van der Waals surface area contributed by atoms with Gasteiger partial charge in [0.05, 0.1) is 12.7 Å². The van der Waals surface area contributed by atoms with E-state index in [9.17, 15) is 4.79 Å². The van der Waals surface area contributed by atoms with E-state index in [1.54, 1.807) is 17.0 Å². The van der Waals surface area contributed by atoms with Gasteiger partial charge in [-0.05, 0) is 0 Å². The standard InChI is InChI=1S/C8H11N3O2/c1-2-3-11-5-6(4-10-11)7(9)8(12)13/h2,4-5,7H,1,3,9H2,(H,12,13). The van der Waals surface area contributed by atoms with Crippen LogP contribution in [0.5, 0.6) is 0 Å². The molecule has 0 radical (unpaired) electrons. The summed E-state index contributed by atoms with van der Waals surface area (Å²) < 4.78 is 1.57. The van der Waals surface area contributed by atoms with Gasteiger partial charge in [-0.25, -0.2) is 0 Å². The zero-order valence-corrected chi connectivity index (χ0v) is 7.05. The molecule has 0 aliphatic rings. The zero-order valence-electron chi connectivity index (χ0n) is 7.05. The monoisotopic (exact) mass is 181 g/mol. The van der Waals surface area contributed by atoms with Crippen molar-refractivity contribution in [3.05, 3.63) is 30.6 Å². The van der Waals surface area contributed by atoms with Gasteiger partial charge in [0.2, 0.25) is 0 Å². The first-order valence-corrected chi connectivity index (χ1v) is 3.76. The molecule has 1 unspecified atom stereocenters. The Morgan fingerprint density at radius 3 is 3.15 bits per heavy atom. The molecule has 0 spiro atoms. The zero-order chi connectivity index (χ0) is 9.84. The molecule has 70 valence electrons. The number of allylic oxidation sites excluding steroid dienone is 1. The van der Waals surface area contributed by atoms with E-state index in [2.05, 4.69) is 11.7 Å². The predicted molar refractivity (Wildman–Crippen MR) is 47.0 cm³/mol. The van der Waals surface area contributed by atoms with E-state index in [1.165, 1.54) is 6.20 Å². The normalized spacial score (nSPS) is 12.4. The maximum absolute atomic E-state index is 10.5. The molecule has 0 aliphatic heterocycles. The van der Waals surface area contributed by atoms with E-state index < -0.39 is 12.0 Å². The Morgan fingerprint density at radius 2 is 2.62 bits per heavy atom. The van der Waals surface area contributed by atoms with Crippen LogP contribution in [0, 0.1) is 0 Å². The molecule has 5 heteroatoms. The fraction of sp³-hybridized carbons (Fsp3) is 0.250. The highest BCUT2D eigenvalue weighted by Crippen LogP contribution is 2.08. The highest BCUT2D eigenvalue weighted by atomic mass is 16.4. The van der Waals surface area contributed by atoms with Crippen LogP contribution in [0.15, 0.2) is 25.0 Å². The molecule has 0 saturated carbocycles. The van der Waals surface area contributed by atoms with Gasteiger partial charge in [0.15, 0.2) is 0 Å². The maximum atomic E-state index is 10.5. The number of aromatic nitrogens is 2. The van der Waals surface area contributed by atoms with Crippen molar-refractivity contribution in [2.45, 2.75) is 12.6 Å². The van der Waals surface area contributed by atoms with Crippen molar-refractivity contribution in [1.29, 1.82) is 0 Å². The second kappa shape index (κ2) is 3.86. The third-order valence-electron chi connectivity index (χ3n) is 1.59. The van der Waals surface area contributed by atoms with Crippen LogP contribution in [-0.2, 0) is 11.3 Å². The number of carboxylic acid groups (broad SMARTS) is 1. The number of aliphatic carboxylic acids is 1. The van der Waals surface area contributed by atoms with Gasteiger partial charge in [0.1, 0.15) is 6.04 Å². The highest BCUT2D eigenvalue weighted by Gasteiger charge is 2.15. The molecule has 3 N–H and O–H groups in total. The predicted octanol–water partition coefficient (Wildman–Crippen LogP) is 0.154. The van der Waals surface area contributed by atoms with Gasteiger partial charge < -0.3 is 10.8 Å². The molecular weight excluding hydrogens is 170 g/mol. The van der Waals surface area contributed by atoms with E-state index in [4.69, 9.17) is 10.8 Å². The lowest BCUT2D eigenvalue weighted by Gasteiger charge is -2.00. The van der Waals surface area contributed by atoms with Crippen molar-refractivity contribution >= 4 is 5.97 Å². The van der Waals surface area contributed by atoms with Crippen molar-refractivity contribution in [3.63, 3.8) is 0 Å². The van der Waals surface area contributed by atoms with Crippen molar-refractivity contribution in [2.24, 2.45) is 5.73 Å². The molecule has 13 heavy (non-hydrogen) atoms. The van der Waals surface area contributed by atoms with Crippen LogP contribution in [-0.4, -0.2) is 20.9 Å². The molecule has 0 aromatic carbocycles. The van der Waals surface area contributed by atoms with Crippen LogP contribution in [0.4, 0.5) is 0 Å². The van der Waals surface area contributed by atoms with Gasteiger partial charge in [0.25, 0.3) is 0 Å². The molecule has 0 bridgehead atoms. The summed E-state index contributed by atoms with van der Waals surface area (Å²) in [5.74, 6) is -1.06. The Kier molecular flexibility index (Phi) is 2.81. The van der Waals surface area contributed by atoms with Crippen LogP contribution < -0.4 is 5.73 Å². The lowest BCUT2D eigenvalue weighted by Crippen LogP contribution is -2.19. The SMILES string of the molecule is C=CCn1cc(C(N)C(=O)O)cn1. The number of rotatable bonds is 4. The minimum absolute atomic E-state index is 0.495. The number of nitrogens with zero attached hydrogens (tertiary/aromatic N) is 2. The first-order valence-electron chi connectivity index (χ1n) is 3.76. The minimum Gasteiger partial charge on any atom is -0.480 e. The summed E-state index contributed by atoms with van der Waals surface area (Å²) in [5.41, 5.74) is 5.86. The van der Waals surface area contributed by atoms with Crippen LogP contribution in [0.3, 0.4) is 0 Å². The molecule has 1 aromatic rings. The summed E-state index contributed by atoms with van der Waals surface area (Å²) >= 11 is 0. The Labute approximate surface area is 75.5 Å². The molecule has 1 atom stereocenters. The van der Waals surface area contributed by atoms with E-state index in [-0.39, 0.29) is 0 Å². The van der Waals surface area contributed by atoms with Crippen molar-refractivity contribution in [1.82, 2.24) is 9.78 Å². The third-order valence-corrected chi connectivity index (χ3v) is 1.59. The van der Waals surface area contributed by atoms with Crippen molar-refractivity contribution in [3.8, 4) is 0 Å². The molecule has 1 heterocycles. The molecule has 0 saturated heterocycles. The van der Waals surface area contributed by atoms with Gasteiger partial charge in [-0.2, -0.15) is 5.10 Å². The van der Waals surface area contributed by atoms with Crippen LogP contribution in [0.25, 0.3) is 0 Å². The van der Waals surface area contributed by atoms with Crippen LogP contribution in [0.2, 0.25) is 0 Å². The van der Waals surface area contributed by atoms with Gasteiger partial charge in [-0.1, -0.05) is 6.08 Å². The van der Waals surface area contributed by atoms with Crippen LogP contribution >= 0.6 is 0 Å². The molecule has 1 aromatic heterocycles. The second-order valence-corrected chi connectivity index (χ2v) is 2.60. The quantitative estimate of drug-likeness (QED) is 0.648. The first kappa shape index (κ1) is 9.47. The van der Waals surface area contributed by atoms with Gasteiger partial charge in [-0.15, -0.1) is 6.58 Å². The summed E-state index contributed by atoms with van der Waals surface area (Å²) in [6.07, 6.45) is 4.71. The Bertz CT molecular complexity index is 319. The summed E-state index contributed by atoms with van der Waals surface area (Å²) in [6, 6.07) is -1.00. The minimum atomic E-state index is -1.06. The van der Waals surface area contributed by atoms with E-state index in [0.717, 1.165) is 0 Å². The number of carbonyl (C=O) groups is 1. The number of carboxylic acids is 1. The smallest absolute Gasteiger partial charge is 0.325 e. The average molecular weight is 181 g/mol. The average Bonchev–Trinajstić information content (AvgIpc) is 2.52. The number of nitrogens with two attached hydrogens (primary N) is 1. The lowest BCUT2D eigenvalue weighted by atomic mass is 10.2. The Balaban J connectivity index is 2.78. The Hall–Kier alpha value is -1.62. The molecule has 0 aliphatic carbocycles. The highest BCUT2D eigenvalue weighted by molar-refractivity contribution is 5.74.